The fourth-order valence-corrected chi connectivity index (χ4v) is 1.44. The molecule has 0 spiro atoms. The Balaban J connectivity index is 0.00000162. The lowest BCUT2D eigenvalue weighted by molar-refractivity contribution is 0.811. The van der Waals surface area contributed by atoms with Crippen molar-refractivity contribution in [1.82, 2.24) is 4.98 Å². The van der Waals surface area contributed by atoms with Gasteiger partial charge in [0, 0.05) is 29.6 Å². The standard InChI is InChI=1S/C15H14N2.2ClH/c1-12(16)15-9-14(10-17-11-15)8-7-13-5-3-2-4-6-13;;/h2-6,9-12H,16H2,1H3;2*1H/t12-;;/m0../s1. The van der Waals surface area contributed by atoms with E-state index >= 15 is 0 Å². The molecule has 0 fully saturated rings. The second-order valence-electron chi connectivity index (χ2n) is 3.91. The SMILES string of the molecule is C[C@H](N)c1cncc(C#Cc2ccccc2)c1.Cl.Cl. The third-order valence-corrected chi connectivity index (χ3v) is 2.41. The van der Waals surface area contributed by atoms with Crippen molar-refractivity contribution in [3.63, 3.8) is 0 Å². The van der Waals surface area contributed by atoms with Gasteiger partial charge in [-0.15, -0.1) is 24.8 Å². The fraction of sp³-hybridized carbons (Fsp3) is 0.133. The largest absolute Gasteiger partial charge is 0.324 e. The number of benzene rings is 1. The maximum absolute atomic E-state index is 5.80. The summed E-state index contributed by atoms with van der Waals surface area (Å²) in [5, 5.41) is 0. The monoisotopic (exact) mass is 294 g/mol. The van der Waals surface area contributed by atoms with Gasteiger partial charge in [-0.2, -0.15) is 0 Å². The summed E-state index contributed by atoms with van der Waals surface area (Å²) < 4.78 is 0. The van der Waals surface area contributed by atoms with Crippen molar-refractivity contribution >= 4 is 24.8 Å². The summed E-state index contributed by atoms with van der Waals surface area (Å²) in [5.74, 6) is 6.18. The molecule has 2 nitrogen and oxygen atoms in total. The molecule has 4 heteroatoms. The molecule has 19 heavy (non-hydrogen) atoms. The lowest BCUT2D eigenvalue weighted by atomic mass is 10.1. The highest BCUT2D eigenvalue weighted by Crippen LogP contribution is 2.09. The molecule has 0 unspecified atom stereocenters. The molecule has 1 heterocycles. The second-order valence-corrected chi connectivity index (χ2v) is 3.91. The molecule has 2 rings (SSSR count). The number of aromatic nitrogens is 1. The number of rotatable bonds is 1. The van der Waals surface area contributed by atoms with Gasteiger partial charge in [-0.25, -0.2) is 0 Å². The number of hydrogen-bond acceptors (Lipinski definition) is 2. The first-order valence-electron chi connectivity index (χ1n) is 5.53. The van der Waals surface area contributed by atoms with Gasteiger partial charge in [-0.05, 0) is 30.7 Å². The van der Waals surface area contributed by atoms with E-state index in [0.717, 1.165) is 16.7 Å². The van der Waals surface area contributed by atoms with Crippen molar-refractivity contribution in [3.8, 4) is 11.8 Å². The van der Waals surface area contributed by atoms with Crippen molar-refractivity contribution in [2.75, 3.05) is 0 Å². The van der Waals surface area contributed by atoms with Crippen LogP contribution in [0.3, 0.4) is 0 Å². The van der Waals surface area contributed by atoms with E-state index in [-0.39, 0.29) is 30.9 Å². The summed E-state index contributed by atoms with van der Waals surface area (Å²) in [5.41, 5.74) is 8.70. The molecule has 2 N–H and O–H groups in total. The van der Waals surface area contributed by atoms with Crippen molar-refractivity contribution in [2.45, 2.75) is 13.0 Å². The van der Waals surface area contributed by atoms with Crippen LogP contribution in [0.25, 0.3) is 0 Å². The van der Waals surface area contributed by atoms with Crippen LogP contribution in [0.2, 0.25) is 0 Å². The van der Waals surface area contributed by atoms with Gasteiger partial charge in [0.2, 0.25) is 0 Å². The predicted molar refractivity (Wildman–Crippen MR) is 83.8 cm³/mol. The summed E-state index contributed by atoms with van der Waals surface area (Å²) in [6, 6.07) is 11.9. The maximum atomic E-state index is 5.80. The Kier molecular flexibility index (Phi) is 7.86. The average molecular weight is 295 g/mol. The number of hydrogen-bond donors (Lipinski definition) is 1. The molecule has 100 valence electrons. The zero-order chi connectivity index (χ0) is 12.1. The quantitative estimate of drug-likeness (QED) is 0.819. The third kappa shape index (κ3) is 5.32. The van der Waals surface area contributed by atoms with E-state index in [2.05, 4.69) is 16.8 Å². The van der Waals surface area contributed by atoms with E-state index in [1.165, 1.54) is 0 Å². The Labute approximate surface area is 126 Å². The topological polar surface area (TPSA) is 38.9 Å². The van der Waals surface area contributed by atoms with Crippen molar-refractivity contribution in [1.29, 1.82) is 0 Å². The molecule has 0 saturated carbocycles. The zero-order valence-corrected chi connectivity index (χ0v) is 12.2. The number of nitrogens with zero attached hydrogens (tertiary/aromatic N) is 1. The van der Waals surface area contributed by atoms with Crippen LogP contribution in [0.4, 0.5) is 0 Å². The highest BCUT2D eigenvalue weighted by atomic mass is 35.5. The lowest BCUT2D eigenvalue weighted by Crippen LogP contribution is -2.05. The Bertz CT molecular complexity index is 557. The van der Waals surface area contributed by atoms with Gasteiger partial charge < -0.3 is 5.73 Å². The normalized spacial score (nSPS) is 10.2. The van der Waals surface area contributed by atoms with Gasteiger partial charge in [-0.3, -0.25) is 4.98 Å². The lowest BCUT2D eigenvalue weighted by Gasteiger charge is -2.03. The van der Waals surface area contributed by atoms with Crippen LogP contribution in [0.1, 0.15) is 29.7 Å². The molecule has 1 aromatic heterocycles. The Hall–Kier alpha value is -1.53. The molecular weight excluding hydrogens is 279 g/mol. The first-order chi connectivity index (χ1) is 8.25. The van der Waals surface area contributed by atoms with Crippen LogP contribution in [-0.4, -0.2) is 4.98 Å². The molecule has 1 aromatic carbocycles. The van der Waals surface area contributed by atoms with E-state index in [1.807, 2.05) is 43.3 Å². The average Bonchev–Trinajstić information content (AvgIpc) is 2.38. The van der Waals surface area contributed by atoms with E-state index in [0.29, 0.717) is 0 Å². The molecule has 0 aliphatic heterocycles. The molecule has 0 bridgehead atoms. The molecule has 1 atom stereocenters. The smallest absolute Gasteiger partial charge is 0.0435 e. The molecule has 0 amide bonds. The maximum Gasteiger partial charge on any atom is 0.0435 e. The molecule has 0 aliphatic rings. The van der Waals surface area contributed by atoms with Crippen LogP contribution < -0.4 is 5.73 Å². The Morgan fingerprint density at radius 3 is 2.26 bits per heavy atom. The first kappa shape index (κ1) is 17.5. The van der Waals surface area contributed by atoms with Crippen LogP contribution in [0.5, 0.6) is 0 Å². The van der Waals surface area contributed by atoms with Crippen LogP contribution in [0.15, 0.2) is 48.8 Å². The summed E-state index contributed by atoms with van der Waals surface area (Å²) in [7, 11) is 0. The Morgan fingerprint density at radius 1 is 1.00 bits per heavy atom. The van der Waals surface area contributed by atoms with Crippen LogP contribution in [0, 0.1) is 11.8 Å². The van der Waals surface area contributed by atoms with E-state index in [1.54, 1.807) is 12.4 Å². The number of nitrogens with two attached hydrogens (primary N) is 1. The Morgan fingerprint density at radius 2 is 1.63 bits per heavy atom. The van der Waals surface area contributed by atoms with Crippen molar-refractivity contribution < 1.29 is 0 Å². The van der Waals surface area contributed by atoms with E-state index in [9.17, 15) is 0 Å². The van der Waals surface area contributed by atoms with Crippen molar-refractivity contribution in [3.05, 3.63) is 65.5 Å². The van der Waals surface area contributed by atoms with Crippen molar-refractivity contribution in [2.24, 2.45) is 5.73 Å². The van der Waals surface area contributed by atoms with Crippen LogP contribution >= 0.6 is 24.8 Å². The third-order valence-electron chi connectivity index (χ3n) is 2.41. The molecular formula is C15H16Cl2N2. The van der Waals surface area contributed by atoms with Gasteiger partial charge in [0.15, 0.2) is 0 Å². The minimum absolute atomic E-state index is 0. The van der Waals surface area contributed by atoms with E-state index < -0.39 is 0 Å². The first-order valence-corrected chi connectivity index (χ1v) is 5.53. The van der Waals surface area contributed by atoms with Gasteiger partial charge in [0.05, 0.1) is 0 Å². The molecule has 0 radical (unpaired) electrons. The highest BCUT2D eigenvalue weighted by Gasteiger charge is 1.99. The minimum atomic E-state index is -0.0130. The minimum Gasteiger partial charge on any atom is -0.324 e. The molecule has 0 aliphatic carbocycles. The van der Waals surface area contributed by atoms with Gasteiger partial charge >= 0.3 is 0 Å². The summed E-state index contributed by atoms with van der Waals surface area (Å²) >= 11 is 0. The zero-order valence-electron chi connectivity index (χ0n) is 10.5. The van der Waals surface area contributed by atoms with Gasteiger partial charge in [-0.1, -0.05) is 30.0 Å². The molecule has 0 saturated heterocycles. The van der Waals surface area contributed by atoms with Gasteiger partial charge in [0.25, 0.3) is 0 Å². The number of pyridine rings is 1. The predicted octanol–water partition coefficient (Wildman–Crippen LogP) is 3.34. The van der Waals surface area contributed by atoms with Crippen LogP contribution in [-0.2, 0) is 0 Å². The summed E-state index contributed by atoms with van der Waals surface area (Å²) in [4.78, 5) is 4.14. The van der Waals surface area contributed by atoms with Gasteiger partial charge in [0.1, 0.15) is 0 Å². The highest BCUT2D eigenvalue weighted by molar-refractivity contribution is 5.85. The second kappa shape index (κ2) is 8.55. The fourth-order valence-electron chi connectivity index (χ4n) is 1.44. The summed E-state index contributed by atoms with van der Waals surface area (Å²) in [6.45, 7) is 1.94. The number of halogens is 2. The van der Waals surface area contributed by atoms with E-state index in [4.69, 9.17) is 5.73 Å². The molecule has 2 aromatic rings. The summed E-state index contributed by atoms with van der Waals surface area (Å²) in [6.07, 6.45) is 3.53.